The second-order valence-electron chi connectivity index (χ2n) is 7.00. The summed E-state index contributed by atoms with van der Waals surface area (Å²) in [4.78, 5) is 4.69. The Kier molecular flexibility index (Phi) is 5.63. The van der Waals surface area contributed by atoms with E-state index in [-0.39, 0.29) is 12.1 Å². The van der Waals surface area contributed by atoms with Crippen LogP contribution in [0, 0.1) is 6.92 Å². The largest absolute Gasteiger partial charge is 0.475 e. The first-order valence-corrected chi connectivity index (χ1v) is 10.5. The van der Waals surface area contributed by atoms with E-state index < -0.39 is 10.0 Å². The van der Waals surface area contributed by atoms with Gasteiger partial charge in [0.2, 0.25) is 15.9 Å². The standard InChI is InChI=1S/C20H26N2O3S/c1-15(2)25-20-18(7-6-13-21-20)19-8-4-5-14-22(19)26(23,24)17-11-9-16(3)10-12-17/h6-7,9-13,15,19H,4-5,8,14H2,1-3H3. The van der Waals surface area contributed by atoms with E-state index in [4.69, 9.17) is 4.74 Å². The van der Waals surface area contributed by atoms with Crippen LogP contribution in [-0.4, -0.2) is 30.4 Å². The Bertz CT molecular complexity index is 848. The molecule has 1 aliphatic heterocycles. The van der Waals surface area contributed by atoms with Gasteiger partial charge >= 0.3 is 0 Å². The lowest BCUT2D eigenvalue weighted by Gasteiger charge is -2.35. The number of ether oxygens (including phenoxy) is 1. The Balaban J connectivity index is 2.00. The van der Waals surface area contributed by atoms with Crippen molar-refractivity contribution in [2.75, 3.05) is 6.54 Å². The minimum atomic E-state index is -3.57. The molecule has 2 aromatic rings. The molecule has 1 aromatic carbocycles. The predicted molar refractivity (Wildman–Crippen MR) is 102 cm³/mol. The van der Waals surface area contributed by atoms with Crippen LogP contribution in [0.5, 0.6) is 5.88 Å². The minimum absolute atomic E-state index is 0.0191. The molecule has 0 amide bonds. The van der Waals surface area contributed by atoms with Gasteiger partial charge < -0.3 is 4.74 Å². The number of piperidine rings is 1. The van der Waals surface area contributed by atoms with E-state index in [1.54, 1.807) is 22.6 Å². The first kappa shape index (κ1) is 18.9. The number of hydrogen-bond donors (Lipinski definition) is 0. The van der Waals surface area contributed by atoms with E-state index in [2.05, 4.69) is 4.98 Å². The van der Waals surface area contributed by atoms with Crippen molar-refractivity contribution in [1.82, 2.24) is 9.29 Å². The van der Waals surface area contributed by atoms with Crippen LogP contribution in [0.15, 0.2) is 47.5 Å². The molecule has 2 heterocycles. The van der Waals surface area contributed by atoms with Crippen molar-refractivity contribution in [2.45, 2.75) is 57.1 Å². The molecule has 0 bridgehead atoms. The third-order valence-corrected chi connectivity index (χ3v) is 6.51. The summed E-state index contributed by atoms with van der Waals surface area (Å²) in [5, 5.41) is 0. The second kappa shape index (κ2) is 7.76. The number of hydrogen-bond acceptors (Lipinski definition) is 4. The van der Waals surface area contributed by atoms with Crippen molar-refractivity contribution in [1.29, 1.82) is 0 Å². The topological polar surface area (TPSA) is 59.5 Å². The van der Waals surface area contributed by atoms with Gasteiger partial charge in [0.05, 0.1) is 17.0 Å². The zero-order valence-electron chi connectivity index (χ0n) is 15.6. The highest BCUT2D eigenvalue weighted by atomic mass is 32.2. The van der Waals surface area contributed by atoms with Crippen LogP contribution in [0.4, 0.5) is 0 Å². The molecule has 0 N–H and O–H groups in total. The average Bonchev–Trinajstić information content (AvgIpc) is 2.62. The lowest BCUT2D eigenvalue weighted by atomic mass is 9.98. The lowest BCUT2D eigenvalue weighted by Crippen LogP contribution is -2.38. The van der Waals surface area contributed by atoms with Crippen molar-refractivity contribution >= 4 is 10.0 Å². The van der Waals surface area contributed by atoms with Gasteiger partial charge in [0.15, 0.2) is 0 Å². The molecule has 1 unspecified atom stereocenters. The SMILES string of the molecule is Cc1ccc(S(=O)(=O)N2CCCCC2c2cccnc2OC(C)C)cc1. The van der Waals surface area contributed by atoms with E-state index in [1.165, 1.54) is 0 Å². The summed E-state index contributed by atoms with van der Waals surface area (Å²) in [6.45, 7) is 6.35. The van der Waals surface area contributed by atoms with Crippen molar-refractivity contribution < 1.29 is 13.2 Å². The van der Waals surface area contributed by atoms with Gasteiger partial charge in [0, 0.05) is 18.3 Å². The van der Waals surface area contributed by atoms with Crippen molar-refractivity contribution in [2.24, 2.45) is 0 Å². The summed E-state index contributed by atoms with van der Waals surface area (Å²) >= 11 is 0. The second-order valence-corrected chi connectivity index (χ2v) is 8.90. The number of nitrogens with zero attached hydrogens (tertiary/aromatic N) is 2. The molecular weight excluding hydrogens is 348 g/mol. The maximum Gasteiger partial charge on any atom is 0.243 e. The summed E-state index contributed by atoms with van der Waals surface area (Å²) < 4.78 is 34.0. The molecule has 1 aromatic heterocycles. The van der Waals surface area contributed by atoms with Gasteiger partial charge in [0.1, 0.15) is 0 Å². The predicted octanol–water partition coefficient (Wildman–Crippen LogP) is 4.09. The number of benzene rings is 1. The number of sulfonamides is 1. The zero-order chi connectivity index (χ0) is 18.7. The van der Waals surface area contributed by atoms with Gasteiger partial charge in [-0.2, -0.15) is 4.31 Å². The van der Waals surface area contributed by atoms with Crippen LogP contribution in [-0.2, 0) is 10.0 Å². The van der Waals surface area contributed by atoms with E-state index >= 15 is 0 Å². The number of pyridine rings is 1. The van der Waals surface area contributed by atoms with E-state index in [0.717, 1.165) is 30.4 Å². The summed E-state index contributed by atoms with van der Waals surface area (Å²) in [6, 6.07) is 10.6. The minimum Gasteiger partial charge on any atom is -0.475 e. The van der Waals surface area contributed by atoms with E-state index in [9.17, 15) is 8.42 Å². The summed E-state index contributed by atoms with van der Waals surface area (Å²) in [5.41, 5.74) is 1.88. The Labute approximate surface area is 156 Å². The monoisotopic (exact) mass is 374 g/mol. The Hall–Kier alpha value is -1.92. The van der Waals surface area contributed by atoms with Gasteiger partial charge in [0.25, 0.3) is 0 Å². The number of aromatic nitrogens is 1. The van der Waals surface area contributed by atoms with E-state index in [0.29, 0.717) is 17.3 Å². The van der Waals surface area contributed by atoms with Gasteiger partial charge in [-0.1, -0.05) is 30.2 Å². The van der Waals surface area contributed by atoms with Crippen molar-refractivity contribution in [3.8, 4) is 5.88 Å². The maximum absolute atomic E-state index is 13.3. The van der Waals surface area contributed by atoms with Gasteiger partial charge in [-0.05, 0) is 51.8 Å². The van der Waals surface area contributed by atoms with Crippen LogP contribution < -0.4 is 4.74 Å². The van der Waals surface area contributed by atoms with Crippen molar-refractivity contribution in [3.63, 3.8) is 0 Å². The fourth-order valence-corrected chi connectivity index (χ4v) is 5.00. The molecule has 1 atom stereocenters. The number of aryl methyl sites for hydroxylation is 1. The average molecular weight is 375 g/mol. The van der Waals surface area contributed by atoms with Gasteiger partial charge in [-0.3, -0.25) is 0 Å². The Morgan fingerprint density at radius 1 is 1.15 bits per heavy atom. The molecule has 5 nitrogen and oxygen atoms in total. The lowest BCUT2D eigenvalue weighted by molar-refractivity contribution is 0.211. The van der Waals surface area contributed by atoms with Crippen LogP contribution >= 0.6 is 0 Å². The molecular formula is C20H26N2O3S. The van der Waals surface area contributed by atoms with Crippen molar-refractivity contribution in [3.05, 3.63) is 53.7 Å². The molecule has 1 saturated heterocycles. The normalized spacial score (nSPS) is 18.8. The zero-order valence-corrected chi connectivity index (χ0v) is 16.4. The fraction of sp³-hybridized carbons (Fsp3) is 0.450. The molecule has 0 saturated carbocycles. The van der Waals surface area contributed by atoms with Gasteiger partial charge in [-0.15, -0.1) is 0 Å². The Morgan fingerprint density at radius 3 is 2.58 bits per heavy atom. The molecule has 0 radical (unpaired) electrons. The molecule has 140 valence electrons. The van der Waals surface area contributed by atoms with Crippen LogP contribution in [0.2, 0.25) is 0 Å². The Morgan fingerprint density at radius 2 is 1.88 bits per heavy atom. The van der Waals surface area contributed by atoms with Crippen LogP contribution in [0.1, 0.15) is 50.3 Å². The highest BCUT2D eigenvalue weighted by Gasteiger charge is 2.36. The van der Waals surface area contributed by atoms with Gasteiger partial charge in [-0.25, -0.2) is 13.4 Å². The molecule has 0 aliphatic carbocycles. The highest BCUT2D eigenvalue weighted by Crippen LogP contribution is 2.38. The van der Waals surface area contributed by atoms with Crippen LogP contribution in [0.25, 0.3) is 0 Å². The fourth-order valence-electron chi connectivity index (χ4n) is 3.33. The molecule has 3 rings (SSSR count). The molecule has 26 heavy (non-hydrogen) atoms. The highest BCUT2D eigenvalue weighted by molar-refractivity contribution is 7.89. The summed E-state index contributed by atoms with van der Waals surface area (Å²) in [5.74, 6) is 0.526. The van der Waals surface area contributed by atoms with E-state index in [1.807, 2.05) is 45.0 Å². The molecule has 1 fully saturated rings. The molecule has 1 aliphatic rings. The molecule has 0 spiro atoms. The quantitative estimate of drug-likeness (QED) is 0.791. The summed E-state index contributed by atoms with van der Waals surface area (Å²) in [6.07, 6.45) is 4.28. The molecule has 6 heteroatoms. The maximum atomic E-state index is 13.3. The van der Waals surface area contributed by atoms with Crippen LogP contribution in [0.3, 0.4) is 0 Å². The third kappa shape index (κ3) is 3.91. The first-order chi connectivity index (χ1) is 12.4. The summed E-state index contributed by atoms with van der Waals surface area (Å²) in [7, 11) is -3.57. The number of rotatable bonds is 5. The third-order valence-electron chi connectivity index (χ3n) is 4.59. The smallest absolute Gasteiger partial charge is 0.243 e. The first-order valence-electron chi connectivity index (χ1n) is 9.09.